The topological polar surface area (TPSA) is 67.4 Å². The Labute approximate surface area is 131 Å². The Morgan fingerprint density at radius 3 is 2.59 bits per heavy atom. The Morgan fingerprint density at radius 1 is 1.18 bits per heavy atom. The number of anilines is 1. The molecule has 0 aliphatic heterocycles. The van der Waals surface area contributed by atoms with Crippen LogP contribution in [0.15, 0.2) is 24.3 Å². The summed E-state index contributed by atoms with van der Waals surface area (Å²) in [7, 11) is 0. The van der Waals surface area contributed by atoms with Crippen LogP contribution in [-0.2, 0) is 4.74 Å². The molecule has 1 aliphatic carbocycles. The number of amides is 2. The van der Waals surface area contributed by atoms with Crippen LogP contribution in [0.2, 0.25) is 0 Å². The first-order chi connectivity index (χ1) is 10.5. The van der Waals surface area contributed by atoms with E-state index >= 15 is 0 Å². The molecule has 2 N–H and O–H groups in total. The van der Waals surface area contributed by atoms with Gasteiger partial charge in [-0.3, -0.25) is 0 Å². The van der Waals surface area contributed by atoms with Gasteiger partial charge < -0.3 is 15.4 Å². The average Bonchev–Trinajstić information content (AvgIpc) is 2.47. The summed E-state index contributed by atoms with van der Waals surface area (Å²) in [6.07, 6.45) is 5.38. The zero-order chi connectivity index (χ0) is 15.9. The lowest BCUT2D eigenvalue weighted by atomic mass is 9.98. The van der Waals surface area contributed by atoms with Crippen molar-refractivity contribution >= 4 is 17.7 Å². The fourth-order valence-electron chi connectivity index (χ4n) is 2.56. The summed E-state index contributed by atoms with van der Waals surface area (Å²) in [5, 5.41) is 5.45. The van der Waals surface area contributed by atoms with Gasteiger partial charge >= 0.3 is 12.0 Å². The van der Waals surface area contributed by atoms with Gasteiger partial charge in [-0.2, -0.15) is 0 Å². The maximum atomic E-state index is 12.2. The van der Waals surface area contributed by atoms with Crippen LogP contribution in [0, 0.1) is 0 Å². The summed E-state index contributed by atoms with van der Waals surface area (Å²) in [6, 6.07) is 6.61. The van der Waals surface area contributed by atoms with Gasteiger partial charge in [0.2, 0.25) is 0 Å². The molecule has 0 spiro atoms. The molecule has 1 aromatic rings. The molecule has 0 aromatic heterocycles. The van der Waals surface area contributed by atoms with Crippen molar-refractivity contribution in [3.05, 3.63) is 29.8 Å². The molecular formula is C17H24N2O3. The predicted octanol–water partition coefficient (Wildman–Crippen LogP) is 3.71. The molecule has 0 unspecified atom stereocenters. The number of rotatable bonds is 4. The van der Waals surface area contributed by atoms with E-state index in [-0.39, 0.29) is 24.1 Å². The van der Waals surface area contributed by atoms with Crippen LogP contribution < -0.4 is 10.6 Å². The van der Waals surface area contributed by atoms with Crippen LogP contribution in [-0.4, -0.2) is 24.1 Å². The van der Waals surface area contributed by atoms with Crippen LogP contribution in [0.25, 0.3) is 0 Å². The second kappa shape index (κ2) is 7.82. The third kappa shape index (κ3) is 5.06. The molecule has 0 radical (unpaired) electrons. The first-order valence-corrected chi connectivity index (χ1v) is 7.93. The Bertz CT molecular complexity index is 522. The van der Waals surface area contributed by atoms with Crippen molar-refractivity contribution in [1.82, 2.24) is 5.32 Å². The van der Waals surface area contributed by atoms with Crippen molar-refractivity contribution in [2.45, 2.75) is 58.1 Å². The van der Waals surface area contributed by atoms with Gasteiger partial charge in [-0.1, -0.05) is 12.5 Å². The normalized spacial score (nSPS) is 15.4. The van der Waals surface area contributed by atoms with Crippen molar-refractivity contribution in [1.29, 1.82) is 0 Å². The molecule has 0 heterocycles. The Kier molecular flexibility index (Phi) is 5.81. The summed E-state index contributed by atoms with van der Waals surface area (Å²) in [5.74, 6) is -0.320. The van der Waals surface area contributed by atoms with E-state index in [1.807, 2.05) is 13.8 Å². The molecule has 1 fully saturated rings. The van der Waals surface area contributed by atoms with Crippen molar-refractivity contribution in [3.8, 4) is 0 Å². The summed E-state index contributed by atoms with van der Waals surface area (Å²) in [6.45, 7) is 3.77. The molecule has 0 atom stereocenters. The SMILES string of the molecule is CC(C)NC(=O)Nc1cccc(C(=O)OC2CCCCC2)c1. The Hall–Kier alpha value is -2.04. The average molecular weight is 304 g/mol. The molecule has 22 heavy (non-hydrogen) atoms. The van der Waals surface area contributed by atoms with Gasteiger partial charge in [0.1, 0.15) is 6.10 Å². The van der Waals surface area contributed by atoms with E-state index in [1.165, 1.54) is 6.42 Å². The highest BCUT2D eigenvalue weighted by Crippen LogP contribution is 2.22. The van der Waals surface area contributed by atoms with Crippen LogP contribution in [0.1, 0.15) is 56.3 Å². The van der Waals surface area contributed by atoms with Crippen LogP contribution in [0.4, 0.5) is 10.5 Å². The third-order valence-corrected chi connectivity index (χ3v) is 3.60. The lowest BCUT2D eigenvalue weighted by molar-refractivity contribution is 0.0211. The Morgan fingerprint density at radius 2 is 1.91 bits per heavy atom. The van der Waals surface area contributed by atoms with Gasteiger partial charge in [-0.05, 0) is 57.7 Å². The first-order valence-electron chi connectivity index (χ1n) is 7.93. The zero-order valence-electron chi connectivity index (χ0n) is 13.2. The third-order valence-electron chi connectivity index (χ3n) is 3.60. The minimum absolute atomic E-state index is 0.0297. The number of urea groups is 1. The van der Waals surface area contributed by atoms with Gasteiger partial charge in [0.05, 0.1) is 5.56 Å². The van der Waals surface area contributed by atoms with Gasteiger partial charge in [-0.25, -0.2) is 9.59 Å². The molecular weight excluding hydrogens is 280 g/mol. The summed E-state index contributed by atoms with van der Waals surface area (Å²) < 4.78 is 5.53. The van der Waals surface area contributed by atoms with E-state index in [0.29, 0.717) is 11.3 Å². The largest absolute Gasteiger partial charge is 0.459 e. The molecule has 5 heteroatoms. The number of esters is 1. The zero-order valence-corrected chi connectivity index (χ0v) is 13.2. The summed E-state index contributed by atoms with van der Waals surface area (Å²) in [4.78, 5) is 23.9. The molecule has 120 valence electrons. The monoisotopic (exact) mass is 304 g/mol. The number of ether oxygens (including phenoxy) is 1. The van der Waals surface area contributed by atoms with Crippen molar-refractivity contribution in [2.24, 2.45) is 0 Å². The maximum Gasteiger partial charge on any atom is 0.338 e. The van der Waals surface area contributed by atoms with E-state index in [2.05, 4.69) is 10.6 Å². The van der Waals surface area contributed by atoms with E-state index in [4.69, 9.17) is 4.74 Å². The van der Waals surface area contributed by atoms with E-state index < -0.39 is 0 Å². The lowest BCUT2D eigenvalue weighted by Crippen LogP contribution is -2.34. The predicted molar refractivity (Wildman–Crippen MR) is 86.0 cm³/mol. The fourth-order valence-corrected chi connectivity index (χ4v) is 2.56. The van der Waals surface area contributed by atoms with Crippen molar-refractivity contribution in [3.63, 3.8) is 0 Å². The second-order valence-corrected chi connectivity index (χ2v) is 6.00. The van der Waals surface area contributed by atoms with E-state index in [0.717, 1.165) is 25.7 Å². The Balaban J connectivity index is 1.95. The van der Waals surface area contributed by atoms with Crippen LogP contribution in [0.5, 0.6) is 0 Å². The molecule has 2 amide bonds. The molecule has 1 saturated carbocycles. The maximum absolute atomic E-state index is 12.2. The molecule has 2 rings (SSSR count). The van der Waals surface area contributed by atoms with Gasteiger partial charge in [-0.15, -0.1) is 0 Å². The highest BCUT2D eigenvalue weighted by molar-refractivity contribution is 5.94. The van der Waals surface area contributed by atoms with Crippen molar-refractivity contribution < 1.29 is 14.3 Å². The molecule has 1 aliphatic rings. The number of nitrogens with one attached hydrogen (secondary N) is 2. The number of hydrogen-bond acceptors (Lipinski definition) is 3. The molecule has 0 saturated heterocycles. The van der Waals surface area contributed by atoms with Gasteiger partial charge in [0, 0.05) is 11.7 Å². The standard InChI is InChI=1S/C17H24N2O3/c1-12(2)18-17(21)19-14-8-6-7-13(11-14)16(20)22-15-9-4-3-5-10-15/h6-8,11-12,15H,3-5,9-10H2,1-2H3,(H2,18,19,21). The molecule has 5 nitrogen and oxygen atoms in total. The number of carbonyl (C=O) groups is 2. The lowest BCUT2D eigenvalue weighted by Gasteiger charge is -2.21. The van der Waals surface area contributed by atoms with Gasteiger partial charge in [0.15, 0.2) is 0 Å². The van der Waals surface area contributed by atoms with Gasteiger partial charge in [0.25, 0.3) is 0 Å². The number of carbonyl (C=O) groups excluding carboxylic acids is 2. The van der Waals surface area contributed by atoms with Crippen molar-refractivity contribution in [2.75, 3.05) is 5.32 Å². The first kappa shape index (κ1) is 16.3. The highest BCUT2D eigenvalue weighted by atomic mass is 16.5. The van der Waals surface area contributed by atoms with E-state index in [1.54, 1.807) is 24.3 Å². The quantitative estimate of drug-likeness (QED) is 0.833. The number of hydrogen-bond donors (Lipinski definition) is 2. The number of benzene rings is 1. The minimum atomic E-state index is -0.320. The van der Waals surface area contributed by atoms with Crippen LogP contribution >= 0.6 is 0 Å². The summed E-state index contributed by atoms with van der Waals surface area (Å²) >= 11 is 0. The smallest absolute Gasteiger partial charge is 0.338 e. The molecule has 0 bridgehead atoms. The summed E-state index contributed by atoms with van der Waals surface area (Å²) in [5.41, 5.74) is 1.05. The fraction of sp³-hybridized carbons (Fsp3) is 0.529. The minimum Gasteiger partial charge on any atom is -0.459 e. The highest BCUT2D eigenvalue weighted by Gasteiger charge is 2.19. The molecule has 1 aromatic carbocycles. The second-order valence-electron chi connectivity index (χ2n) is 6.00. The van der Waals surface area contributed by atoms with Crippen LogP contribution in [0.3, 0.4) is 0 Å². The van der Waals surface area contributed by atoms with E-state index in [9.17, 15) is 9.59 Å².